The van der Waals surface area contributed by atoms with E-state index in [1.807, 2.05) is 0 Å². The van der Waals surface area contributed by atoms with Crippen LogP contribution in [0.3, 0.4) is 0 Å². The van der Waals surface area contributed by atoms with E-state index in [1.165, 1.54) is 6.07 Å². The summed E-state index contributed by atoms with van der Waals surface area (Å²) in [7, 11) is 0. The molecule has 1 rings (SSSR count). The fourth-order valence-electron chi connectivity index (χ4n) is 1.40. The molecule has 0 amide bonds. The second-order valence-electron chi connectivity index (χ2n) is 3.78. The van der Waals surface area contributed by atoms with Gasteiger partial charge in [0.15, 0.2) is 11.5 Å². The van der Waals surface area contributed by atoms with Crippen LogP contribution in [-0.2, 0) is 6.54 Å². The molecule has 0 saturated carbocycles. The van der Waals surface area contributed by atoms with Crippen LogP contribution in [0.5, 0.6) is 11.5 Å². The molecule has 6 heteroatoms. The fourth-order valence-corrected chi connectivity index (χ4v) is 1.40. The molecule has 0 aliphatic carbocycles. The SMILES string of the molecule is CCOc1cc(CNCCC(F)(F)F)ccc1O. The Hall–Kier alpha value is -1.43. The molecule has 0 spiro atoms. The van der Waals surface area contributed by atoms with Crippen molar-refractivity contribution in [1.82, 2.24) is 5.32 Å². The Balaban J connectivity index is 2.45. The molecular formula is C12H16F3NO2. The number of halogens is 3. The highest BCUT2D eigenvalue weighted by Crippen LogP contribution is 2.26. The molecule has 0 unspecified atom stereocenters. The summed E-state index contributed by atoms with van der Waals surface area (Å²) in [5, 5.41) is 12.1. The lowest BCUT2D eigenvalue weighted by Gasteiger charge is -2.10. The van der Waals surface area contributed by atoms with Gasteiger partial charge in [0.05, 0.1) is 13.0 Å². The number of hydrogen-bond acceptors (Lipinski definition) is 3. The van der Waals surface area contributed by atoms with Crippen molar-refractivity contribution in [2.75, 3.05) is 13.2 Å². The van der Waals surface area contributed by atoms with Crippen LogP contribution < -0.4 is 10.1 Å². The summed E-state index contributed by atoms with van der Waals surface area (Å²) >= 11 is 0. The number of nitrogens with one attached hydrogen (secondary N) is 1. The summed E-state index contributed by atoms with van der Waals surface area (Å²) in [5.74, 6) is 0.364. The summed E-state index contributed by atoms with van der Waals surface area (Å²) in [6.07, 6.45) is -5.00. The molecule has 2 N–H and O–H groups in total. The Morgan fingerprint density at radius 1 is 1.33 bits per heavy atom. The molecule has 0 fully saturated rings. The van der Waals surface area contributed by atoms with Gasteiger partial charge >= 0.3 is 6.18 Å². The van der Waals surface area contributed by atoms with E-state index in [9.17, 15) is 18.3 Å². The van der Waals surface area contributed by atoms with Gasteiger partial charge in [-0.25, -0.2) is 0 Å². The maximum Gasteiger partial charge on any atom is 0.390 e. The van der Waals surface area contributed by atoms with Crippen molar-refractivity contribution < 1.29 is 23.0 Å². The van der Waals surface area contributed by atoms with Gasteiger partial charge in [0.25, 0.3) is 0 Å². The van der Waals surface area contributed by atoms with Crippen LogP contribution >= 0.6 is 0 Å². The van der Waals surface area contributed by atoms with E-state index in [0.717, 1.165) is 5.56 Å². The first-order valence-corrected chi connectivity index (χ1v) is 5.64. The van der Waals surface area contributed by atoms with Gasteiger partial charge < -0.3 is 15.2 Å². The number of alkyl halides is 3. The average molecular weight is 263 g/mol. The second-order valence-corrected chi connectivity index (χ2v) is 3.78. The van der Waals surface area contributed by atoms with Crippen molar-refractivity contribution >= 4 is 0 Å². The summed E-state index contributed by atoms with van der Waals surface area (Å²) in [6.45, 7) is 2.37. The van der Waals surface area contributed by atoms with Crippen LogP contribution in [0.2, 0.25) is 0 Å². The third-order valence-corrected chi connectivity index (χ3v) is 2.24. The number of benzene rings is 1. The van der Waals surface area contributed by atoms with Gasteiger partial charge in [0.1, 0.15) is 0 Å². The van der Waals surface area contributed by atoms with E-state index >= 15 is 0 Å². The van der Waals surface area contributed by atoms with Crippen LogP contribution in [0.25, 0.3) is 0 Å². The third kappa shape index (κ3) is 5.27. The number of phenolic OH excluding ortho intramolecular Hbond substituents is 1. The Morgan fingerprint density at radius 2 is 2.06 bits per heavy atom. The quantitative estimate of drug-likeness (QED) is 0.775. The van der Waals surface area contributed by atoms with E-state index in [2.05, 4.69) is 5.32 Å². The maximum absolute atomic E-state index is 11.9. The standard InChI is InChI=1S/C12H16F3NO2/c1-2-18-11-7-9(3-4-10(11)17)8-16-6-5-12(13,14)15/h3-4,7,16-17H,2,5-6,8H2,1H3. The lowest BCUT2D eigenvalue weighted by atomic mass is 10.2. The zero-order valence-corrected chi connectivity index (χ0v) is 10.0. The highest BCUT2D eigenvalue weighted by atomic mass is 19.4. The fraction of sp³-hybridized carbons (Fsp3) is 0.500. The summed E-state index contributed by atoms with van der Waals surface area (Å²) in [6, 6.07) is 4.71. The summed E-state index contributed by atoms with van der Waals surface area (Å²) < 4.78 is 40.9. The third-order valence-electron chi connectivity index (χ3n) is 2.24. The van der Waals surface area contributed by atoms with Gasteiger partial charge in [-0.1, -0.05) is 6.07 Å². The molecule has 0 aliphatic heterocycles. The Labute approximate surface area is 104 Å². The number of hydrogen-bond donors (Lipinski definition) is 2. The highest BCUT2D eigenvalue weighted by Gasteiger charge is 2.25. The zero-order valence-electron chi connectivity index (χ0n) is 10.0. The van der Waals surface area contributed by atoms with Crippen LogP contribution in [0.15, 0.2) is 18.2 Å². The van der Waals surface area contributed by atoms with Crippen molar-refractivity contribution in [2.24, 2.45) is 0 Å². The highest BCUT2D eigenvalue weighted by molar-refractivity contribution is 5.41. The molecule has 0 atom stereocenters. The predicted octanol–water partition coefficient (Wildman–Crippen LogP) is 2.83. The van der Waals surface area contributed by atoms with Gasteiger partial charge in [-0.15, -0.1) is 0 Å². The van der Waals surface area contributed by atoms with Crippen LogP contribution in [0.4, 0.5) is 13.2 Å². The topological polar surface area (TPSA) is 41.5 Å². The lowest BCUT2D eigenvalue weighted by Crippen LogP contribution is -2.21. The molecule has 102 valence electrons. The van der Waals surface area contributed by atoms with Gasteiger partial charge in [0.2, 0.25) is 0 Å². The number of aromatic hydroxyl groups is 1. The second kappa shape index (κ2) is 6.49. The number of phenols is 1. The largest absolute Gasteiger partial charge is 0.504 e. The van der Waals surface area contributed by atoms with Crippen LogP contribution in [-0.4, -0.2) is 24.4 Å². The minimum atomic E-state index is -4.14. The Morgan fingerprint density at radius 3 is 2.67 bits per heavy atom. The van der Waals surface area contributed by atoms with E-state index in [1.54, 1.807) is 19.1 Å². The molecular weight excluding hydrogens is 247 g/mol. The first kappa shape index (κ1) is 14.6. The van der Waals surface area contributed by atoms with Crippen molar-refractivity contribution in [3.63, 3.8) is 0 Å². The van der Waals surface area contributed by atoms with E-state index in [4.69, 9.17) is 4.74 Å². The smallest absolute Gasteiger partial charge is 0.390 e. The summed E-state index contributed by atoms with van der Waals surface area (Å²) in [4.78, 5) is 0. The molecule has 0 aliphatic rings. The van der Waals surface area contributed by atoms with E-state index < -0.39 is 12.6 Å². The Bertz CT molecular complexity index is 380. The first-order chi connectivity index (χ1) is 8.42. The minimum Gasteiger partial charge on any atom is -0.504 e. The molecule has 1 aromatic rings. The molecule has 0 radical (unpaired) electrons. The molecule has 0 aromatic heterocycles. The van der Waals surface area contributed by atoms with Gasteiger partial charge in [0, 0.05) is 13.1 Å². The Kier molecular flexibility index (Phi) is 5.27. The number of ether oxygens (including phenoxy) is 1. The molecule has 1 aromatic carbocycles. The lowest BCUT2D eigenvalue weighted by molar-refractivity contribution is -0.133. The van der Waals surface area contributed by atoms with E-state index in [-0.39, 0.29) is 12.3 Å². The summed E-state index contributed by atoms with van der Waals surface area (Å²) in [5.41, 5.74) is 0.762. The van der Waals surface area contributed by atoms with Gasteiger partial charge in [-0.2, -0.15) is 13.2 Å². The normalized spacial score (nSPS) is 11.6. The molecule has 0 heterocycles. The van der Waals surface area contributed by atoms with Crippen molar-refractivity contribution in [3.8, 4) is 11.5 Å². The zero-order chi connectivity index (χ0) is 13.6. The van der Waals surface area contributed by atoms with Crippen molar-refractivity contribution in [3.05, 3.63) is 23.8 Å². The molecule has 3 nitrogen and oxygen atoms in total. The number of rotatable bonds is 6. The van der Waals surface area contributed by atoms with Crippen LogP contribution in [0.1, 0.15) is 18.9 Å². The average Bonchev–Trinajstić information content (AvgIpc) is 2.28. The van der Waals surface area contributed by atoms with E-state index in [0.29, 0.717) is 18.9 Å². The monoisotopic (exact) mass is 263 g/mol. The van der Waals surface area contributed by atoms with Crippen molar-refractivity contribution in [2.45, 2.75) is 26.1 Å². The van der Waals surface area contributed by atoms with Crippen LogP contribution in [0, 0.1) is 0 Å². The van der Waals surface area contributed by atoms with Gasteiger partial charge in [-0.3, -0.25) is 0 Å². The first-order valence-electron chi connectivity index (χ1n) is 5.64. The van der Waals surface area contributed by atoms with Gasteiger partial charge in [-0.05, 0) is 24.6 Å². The maximum atomic E-state index is 11.9. The molecule has 18 heavy (non-hydrogen) atoms. The predicted molar refractivity (Wildman–Crippen MR) is 61.7 cm³/mol. The molecule has 0 saturated heterocycles. The van der Waals surface area contributed by atoms with Crippen molar-refractivity contribution in [1.29, 1.82) is 0 Å². The molecule has 0 bridgehead atoms. The minimum absolute atomic E-state index is 0.0240.